The van der Waals surface area contributed by atoms with Crippen molar-refractivity contribution in [1.82, 2.24) is 14.8 Å². The van der Waals surface area contributed by atoms with Gasteiger partial charge in [-0.05, 0) is 42.0 Å². The predicted octanol–water partition coefficient (Wildman–Crippen LogP) is 4.21. The predicted molar refractivity (Wildman–Crippen MR) is 85.5 cm³/mol. The number of fused-ring (bicyclic) bond motifs is 1. The first-order chi connectivity index (χ1) is 12.4. The molecule has 0 aliphatic carbocycles. The van der Waals surface area contributed by atoms with Gasteiger partial charge in [0, 0.05) is 23.5 Å². The molecule has 0 N–H and O–H groups in total. The summed E-state index contributed by atoms with van der Waals surface area (Å²) in [4.78, 5) is 3.97. The molecule has 3 heterocycles. The van der Waals surface area contributed by atoms with Gasteiger partial charge in [0.25, 0.3) is 0 Å². The zero-order chi connectivity index (χ0) is 18.3. The lowest BCUT2D eigenvalue weighted by Gasteiger charge is -2.26. The molecular weight excluding hydrogens is 350 g/mol. The number of ether oxygens (including phenoxy) is 1. The average molecular weight is 363 g/mol. The van der Waals surface area contributed by atoms with Crippen LogP contribution in [0.3, 0.4) is 0 Å². The van der Waals surface area contributed by atoms with Gasteiger partial charge in [0.2, 0.25) is 0 Å². The number of hydrogen-bond acceptors (Lipinski definition) is 3. The second-order valence-electron chi connectivity index (χ2n) is 5.94. The zero-order valence-corrected chi connectivity index (χ0v) is 13.4. The first-order valence-corrected chi connectivity index (χ1v) is 7.88. The van der Waals surface area contributed by atoms with Gasteiger partial charge in [0.15, 0.2) is 6.10 Å². The number of rotatable bonds is 2. The van der Waals surface area contributed by atoms with Crippen LogP contribution in [-0.4, -0.2) is 27.0 Å². The second-order valence-corrected chi connectivity index (χ2v) is 5.94. The molecule has 1 aliphatic heterocycles. The lowest BCUT2D eigenvalue weighted by molar-refractivity contribution is -0.234. The van der Waals surface area contributed by atoms with Crippen molar-refractivity contribution >= 4 is 0 Å². The molecular formula is C18H13F4N3O. The topological polar surface area (TPSA) is 39.9 Å². The SMILES string of the molecule is Fc1ccc(-c2nn3c(c2-c2ccncc2)COC(C(F)(F)F)C3)cc1. The molecule has 26 heavy (non-hydrogen) atoms. The van der Waals surface area contributed by atoms with E-state index in [1.807, 2.05) is 0 Å². The Morgan fingerprint density at radius 2 is 1.69 bits per heavy atom. The van der Waals surface area contributed by atoms with Gasteiger partial charge in [-0.3, -0.25) is 9.67 Å². The van der Waals surface area contributed by atoms with Crippen LogP contribution in [0.1, 0.15) is 5.69 Å². The van der Waals surface area contributed by atoms with E-state index in [0.717, 1.165) is 5.56 Å². The summed E-state index contributed by atoms with van der Waals surface area (Å²) in [7, 11) is 0. The first-order valence-electron chi connectivity index (χ1n) is 7.88. The fourth-order valence-electron chi connectivity index (χ4n) is 3.01. The number of aromatic nitrogens is 3. The van der Waals surface area contributed by atoms with E-state index in [1.54, 1.807) is 36.7 Å². The lowest BCUT2D eigenvalue weighted by Crippen LogP contribution is -2.39. The molecule has 0 saturated carbocycles. The largest absolute Gasteiger partial charge is 0.416 e. The van der Waals surface area contributed by atoms with Crippen molar-refractivity contribution in [2.24, 2.45) is 0 Å². The van der Waals surface area contributed by atoms with Crippen molar-refractivity contribution < 1.29 is 22.3 Å². The van der Waals surface area contributed by atoms with Crippen molar-refractivity contribution in [3.8, 4) is 22.4 Å². The third-order valence-electron chi connectivity index (χ3n) is 4.27. The van der Waals surface area contributed by atoms with Gasteiger partial charge in [-0.15, -0.1) is 0 Å². The Hall–Kier alpha value is -2.74. The van der Waals surface area contributed by atoms with Crippen LogP contribution in [0.4, 0.5) is 17.6 Å². The van der Waals surface area contributed by atoms with Gasteiger partial charge in [0.05, 0.1) is 18.8 Å². The van der Waals surface area contributed by atoms with Crippen LogP contribution < -0.4 is 0 Å². The van der Waals surface area contributed by atoms with Crippen LogP contribution in [0.15, 0.2) is 48.8 Å². The van der Waals surface area contributed by atoms with Gasteiger partial charge in [0.1, 0.15) is 11.5 Å². The highest BCUT2D eigenvalue weighted by Crippen LogP contribution is 2.38. The van der Waals surface area contributed by atoms with Crippen LogP contribution in [-0.2, 0) is 17.9 Å². The normalized spacial score (nSPS) is 17.2. The molecule has 1 unspecified atom stereocenters. The van der Waals surface area contributed by atoms with Gasteiger partial charge in [-0.2, -0.15) is 18.3 Å². The van der Waals surface area contributed by atoms with E-state index < -0.39 is 24.6 Å². The molecule has 4 nitrogen and oxygen atoms in total. The monoisotopic (exact) mass is 363 g/mol. The molecule has 0 amide bonds. The highest BCUT2D eigenvalue weighted by molar-refractivity contribution is 5.82. The van der Waals surface area contributed by atoms with E-state index in [1.165, 1.54) is 16.8 Å². The Balaban J connectivity index is 1.86. The summed E-state index contributed by atoms with van der Waals surface area (Å²) >= 11 is 0. The molecule has 0 fully saturated rings. The van der Waals surface area contributed by atoms with E-state index in [9.17, 15) is 17.6 Å². The summed E-state index contributed by atoms with van der Waals surface area (Å²) in [6, 6.07) is 9.19. The molecule has 0 spiro atoms. The summed E-state index contributed by atoms with van der Waals surface area (Å²) in [5.74, 6) is -0.399. The maximum absolute atomic E-state index is 13.3. The Bertz CT molecular complexity index is 920. The summed E-state index contributed by atoms with van der Waals surface area (Å²) in [6.45, 7) is -0.631. The van der Waals surface area contributed by atoms with Crippen LogP contribution in [0, 0.1) is 5.82 Å². The van der Waals surface area contributed by atoms with Gasteiger partial charge < -0.3 is 4.74 Å². The molecule has 4 rings (SSSR count). The van der Waals surface area contributed by atoms with Crippen molar-refractivity contribution in [2.75, 3.05) is 0 Å². The number of nitrogens with zero attached hydrogens (tertiary/aromatic N) is 3. The Morgan fingerprint density at radius 1 is 1.00 bits per heavy atom. The molecule has 0 radical (unpaired) electrons. The number of benzene rings is 1. The lowest BCUT2D eigenvalue weighted by atomic mass is 9.99. The standard InChI is InChI=1S/C18H13F4N3O/c19-13-3-1-12(2-4-13)17-16(11-5-7-23-8-6-11)14-10-26-15(18(20,21)22)9-25(14)24-17/h1-8,15H,9-10H2. The number of alkyl halides is 3. The highest BCUT2D eigenvalue weighted by Gasteiger charge is 2.44. The van der Waals surface area contributed by atoms with Crippen molar-refractivity contribution in [2.45, 2.75) is 25.4 Å². The summed E-state index contributed by atoms with van der Waals surface area (Å²) in [6.07, 6.45) is -3.18. The molecule has 3 aromatic rings. The zero-order valence-electron chi connectivity index (χ0n) is 13.4. The Morgan fingerprint density at radius 3 is 2.35 bits per heavy atom. The van der Waals surface area contributed by atoms with E-state index in [2.05, 4.69) is 10.1 Å². The minimum Gasteiger partial charge on any atom is -0.360 e. The fourth-order valence-corrected chi connectivity index (χ4v) is 3.01. The molecule has 1 atom stereocenters. The molecule has 1 aliphatic rings. The smallest absolute Gasteiger partial charge is 0.360 e. The van der Waals surface area contributed by atoms with E-state index >= 15 is 0 Å². The second kappa shape index (κ2) is 6.21. The first kappa shape index (κ1) is 16.7. The van der Waals surface area contributed by atoms with Crippen LogP contribution in [0.5, 0.6) is 0 Å². The maximum Gasteiger partial charge on any atom is 0.416 e. The molecule has 134 valence electrons. The Kier molecular flexibility index (Phi) is 3.99. The maximum atomic E-state index is 13.3. The van der Waals surface area contributed by atoms with Gasteiger partial charge >= 0.3 is 6.18 Å². The number of halogens is 4. The number of pyridine rings is 1. The van der Waals surface area contributed by atoms with Crippen molar-refractivity contribution in [3.05, 3.63) is 60.3 Å². The quantitative estimate of drug-likeness (QED) is 0.641. The average Bonchev–Trinajstić information content (AvgIpc) is 3.01. The summed E-state index contributed by atoms with van der Waals surface area (Å²) in [5, 5.41) is 4.38. The Labute approximate surface area is 146 Å². The molecule has 8 heteroatoms. The molecule has 2 aromatic heterocycles. The summed E-state index contributed by atoms with van der Waals surface area (Å²) < 4.78 is 58.7. The molecule has 0 saturated heterocycles. The van der Waals surface area contributed by atoms with E-state index in [4.69, 9.17) is 4.74 Å². The van der Waals surface area contributed by atoms with Gasteiger partial charge in [-0.25, -0.2) is 4.39 Å². The minimum atomic E-state index is -4.46. The van der Waals surface area contributed by atoms with Crippen LogP contribution in [0.2, 0.25) is 0 Å². The molecule has 1 aromatic carbocycles. The van der Waals surface area contributed by atoms with Crippen molar-refractivity contribution in [1.29, 1.82) is 0 Å². The van der Waals surface area contributed by atoms with Gasteiger partial charge in [-0.1, -0.05) is 0 Å². The van der Waals surface area contributed by atoms with Crippen molar-refractivity contribution in [3.63, 3.8) is 0 Å². The van der Waals surface area contributed by atoms with Crippen LogP contribution >= 0.6 is 0 Å². The van der Waals surface area contributed by atoms with E-state index in [-0.39, 0.29) is 6.61 Å². The third-order valence-corrected chi connectivity index (χ3v) is 4.27. The molecule has 0 bridgehead atoms. The van der Waals surface area contributed by atoms with Crippen LogP contribution in [0.25, 0.3) is 22.4 Å². The highest BCUT2D eigenvalue weighted by atomic mass is 19.4. The number of hydrogen-bond donors (Lipinski definition) is 0. The third kappa shape index (κ3) is 2.96. The van der Waals surface area contributed by atoms with E-state index in [0.29, 0.717) is 22.5 Å². The summed E-state index contributed by atoms with van der Waals surface area (Å²) in [5.41, 5.74) is 3.08. The minimum absolute atomic E-state index is 0.212. The fraction of sp³-hybridized carbons (Fsp3) is 0.222.